The van der Waals surface area contributed by atoms with Gasteiger partial charge >= 0.3 is 0 Å². The molecule has 0 bridgehead atoms. The van der Waals surface area contributed by atoms with Gasteiger partial charge in [-0.2, -0.15) is 0 Å². The zero-order valence-corrected chi connectivity index (χ0v) is 10.6. The van der Waals surface area contributed by atoms with Crippen molar-refractivity contribution in [2.75, 3.05) is 19.6 Å². The van der Waals surface area contributed by atoms with Crippen LogP contribution in [0.3, 0.4) is 0 Å². The Labute approximate surface area is 98.7 Å². The summed E-state index contributed by atoms with van der Waals surface area (Å²) in [5.74, 6) is 0. The van der Waals surface area contributed by atoms with Crippen LogP contribution in [0.2, 0.25) is 0 Å². The summed E-state index contributed by atoms with van der Waals surface area (Å²) in [4.78, 5) is 6.45. The molecular formula is C13H23N3. The molecule has 0 saturated heterocycles. The van der Waals surface area contributed by atoms with Gasteiger partial charge < -0.3 is 5.73 Å². The predicted octanol–water partition coefficient (Wildman–Crippen LogP) is 1.68. The normalized spacial score (nSPS) is 12.1. The summed E-state index contributed by atoms with van der Waals surface area (Å²) in [6, 6.07) is 4.15. The second-order valence-electron chi connectivity index (χ2n) is 4.70. The molecule has 0 atom stereocenters. The Hall–Kier alpha value is -0.930. The second-order valence-corrected chi connectivity index (χ2v) is 4.70. The lowest BCUT2D eigenvalue weighted by atomic mass is 10.0. The van der Waals surface area contributed by atoms with Gasteiger partial charge in [0.25, 0.3) is 0 Å². The van der Waals surface area contributed by atoms with Crippen LogP contribution < -0.4 is 5.73 Å². The first-order valence-corrected chi connectivity index (χ1v) is 5.94. The molecule has 1 heterocycles. The first-order valence-electron chi connectivity index (χ1n) is 5.94. The fraction of sp³-hybridized carbons (Fsp3) is 0.615. The van der Waals surface area contributed by atoms with E-state index >= 15 is 0 Å². The van der Waals surface area contributed by atoms with E-state index in [1.54, 1.807) is 0 Å². The van der Waals surface area contributed by atoms with Gasteiger partial charge in [0, 0.05) is 31.0 Å². The molecule has 0 aliphatic rings. The first-order chi connectivity index (χ1) is 7.60. The third-order valence-corrected chi connectivity index (χ3v) is 3.16. The Morgan fingerprint density at radius 1 is 1.31 bits per heavy atom. The molecule has 0 aliphatic carbocycles. The summed E-state index contributed by atoms with van der Waals surface area (Å²) in [7, 11) is 0. The summed E-state index contributed by atoms with van der Waals surface area (Å²) in [5, 5.41) is 0. The molecule has 1 rings (SSSR count). The number of hydrogen-bond donors (Lipinski definition) is 1. The van der Waals surface area contributed by atoms with E-state index in [1.807, 2.05) is 12.4 Å². The molecule has 16 heavy (non-hydrogen) atoms. The zero-order chi connectivity index (χ0) is 12.0. The molecule has 0 aromatic carbocycles. The quantitative estimate of drug-likeness (QED) is 0.794. The highest BCUT2D eigenvalue weighted by Crippen LogP contribution is 2.13. The van der Waals surface area contributed by atoms with E-state index < -0.39 is 0 Å². The van der Waals surface area contributed by atoms with Crippen LogP contribution in [0, 0.1) is 0 Å². The summed E-state index contributed by atoms with van der Waals surface area (Å²) >= 11 is 0. The van der Waals surface area contributed by atoms with Gasteiger partial charge in [-0.1, -0.05) is 6.92 Å². The molecule has 3 heteroatoms. The Morgan fingerprint density at radius 3 is 2.44 bits per heavy atom. The van der Waals surface area contributed by atoms with Crippen molar-refractivity contribution in [3.63, 3.8) is 0 Å². The molecule has 90 valence electrons. The van der Waals surface area contributed by atoms with Crippen LogP contribution in [0.1, 0.15) is 26.3 Å². The number of aromatic nitrogens is 1. The van der Waals surface area contributed by atoms with E-state index in [0.29, 0.717) is 6.54 Å². The van der Waals surface area contributed by atoms with E-state index in [9.17, 15) is 0 Å². The number of likely N-dealkylation sites (N-methyl/N-ethyl adjacent to an activating group) is 1. The Kier molecular flexibility index (Phi) is 4.90. The van der Waals surface area contributed by atoms with Crippen molar-refractivity contribution in [3.8, 4) is 0 Å². The molecule has 0 amide bonds. The van der Waals surface area contributed by atoms with Crippen molar-refractivity contribution in [1.29, 1.82) is 0 Å². The molecule has 1 aromatic rings. The fourth-order valence-corrected chi connectivity index (χ4v) is 1.83. The van der Waals surface area contributed by atoms with E-state index in [2.05, 4.69) is 42.8 Å². The standard InChI is InChI=1S/C13H23N3/c1-4-16(13(2,3)11-14)10-7-12-5-8-15-9-6-12/h5-6,8-9H,4,7,10-11,14H2,1-3H3. The number of nitrogens with two attached hydrogens (primary N) is 1. The van der Waals surface area contributed by atoms with Crippen molar-refractivity contribution in [2.24, 2.45) is 5.73 Å². The number of rotatable bonds is 6. The van der Waals surface area contributed by atoms with Crippen molar-refractivity contribution >= 4 is 0 Å². The summed E-state index contributed by atoms with van der Waals surface area (Å²) in [5.41, 5.74) is 7.22. The van der Waals surface area contributed by atoms with Crippen LogP contribution in [-0.4, -0.2) is 35.1 Å². The minimum absolute atomic E-state index is 0.0851. The van der Waals surface area contributed by atoms with Crippen molar-refractivity contribution in [1.82, 2.24) is 9.88 Å². The Bertz CT molecular complexity index is 295. The minimum Gasteiger partial charge on any atom is -0.329 e. The SMILES string of the molecule is CCN(CCc1ccncc1)C(C)(C)CN. The van der Waals surface area contributed by atoms with Crippen LogP contribution in [0.5, 0.6) is 0 Å². The van der Waals surface area contributed by atoms with Crippen molar-refractivity contribution < 1.29 is 0 Å². The lowest BCUT2D eigenvalue weighted by molar-refractivity contribution is 0.136. The Morgan fingerprint density at radius 2 is 1.94 bits per heavy atom. The van der Waals surface area contributed by atoms with E-state index in [1.165, 1.54) is 5.56 Å². The average Bonchev–Trinajstić information content (AvgIpc) is 2.31. The molecule has 0 radical (unpaired) electrons. The molecule has 1 aromatic heterocycles. The van der Waals surface area contributed by atoms with Gasteiger partial charge in [-0.15, -0.1) is 0 Å². The zero-order valence-electron chi connectivity index (χ0n) is 10.6. The van der Waals surface area contributed by atoms with Gasteiger partial charge in [0.05, 0.1) is 0 Å². The van der Waals surface area contributed by atoms with Crippen molar-refractivity contribution in [3.05, 3.63) is 30.1 Å². The molecule has 0 aliphatic heterocycles. The van der Waals surface area contributed by atoms with E-state index in [-0.39, 0.29) is 5.54 Å². The highest BCUT2D eigenvalue weighted by atomic mass is 15.2. The van der Waals surface area contributed by atoms with Gasteiger partial charge in [0.15, 0.2) is 0 Å². The van der Waals surface area contributed by atoms with Gasteiger partial charge in [0.2, 0.25) is 0 Å². The molecule has 0 saturated carbocycles. The highest BCUT2D eigenvalue weighted by molar-refractivity contribution is 5.10. The molecule has 0 fully saturated rings. The molecule has 2 N–H and O–H groups in total. The number of hydrogen-bond acceptors (Lipinski definition) is 3. The average molecular weight is 221 g/mol. The topological polar surface area (TPSA) is 42.2 Å². The van der Waals surface area contributed by atoms with Gasteiger partial charge in [-0.25, -0.2) is 0 Å². The maximum atomic E-state index is 5.80. The third-order valence-electron chi connectivity index (χ3n) is 3.16. The summed E-state index contributed by atoms with van der Waals surface area (Å²) < 4.78 is 0. The third kappa shape index (κ3) is 3.58. The lowest BCUT2D eigenvalue weighted by Crippen LogP contribution is -2.49. The summed E-state index contributed by atoms with van der Waals surface area (Å²) in [6.45, 7) is 9.35. The number of pyridine rings is 1. The van der Waals surface area contributed by atoms with Crippen LogP contribution in [0.25, 0.3) is 0 Å². The predicted molar refractivity (Wildman–Crippen MR) is 68.3 cm³/mol. The smallest absolute Gasteiger partial charge is 0.0275 e. The molecular weight excluding hydrogens is 198 g/mol. The molecule has 0 unspecified atom stereocenters. The van der Waals surface area contributed by atoms with E-state index in [0.717, 1.165) is 19.5 Å². The van der Waals surface area contributed by atoms with Crippen LogP contribution >= 0.6 is 0 Å². The first kappa shape index (κ1) is 13.1. The largest absolute Gasteiger partial charge is 0.329 e. The highest BCUT2D eigenvalue weighted by Gasteiger charge is 2.22. The van der Waals surface area contributed by atoms with Gasteiger partial charge in [-0.05, 0) is 44.5 Å². The maximum absolute atomic E-state index is 5.80. The van der Waals surface area contributed by atoms with Gasteiger partial charge in [-0.3, -0.25) is 9.88 Å². The van der Waals surface area contributed by atoms with Crippen LogP contribution in [-0.2, 0) is 6.42 Å². The van der Waals surface area contributed by atoms with E-state index in [4.69, 9.17) is 5.73 Å². The second kappa shape index (κ2) is 5.97. The van der Waals surface area contributed by atoms with Crippen molar-refractivity contribution in [2.45, 2.75) is 32.7 Å². The lowest BCUT2D eigenvalue weighted by Gasteiger charge is -2.37. The minimum atomic E-state index is 0.0851. The molecule has 0 spiro atoms. The fourth-order valence-electron chi connectivity index (χ4n) is 1.83. The maximum Gasteiger partial charge on any atom is 0.0275 e. The Balaban J connectivity index is 2.53. The number of nitrogens with zero attached hydrogens (tertiary/aromatic N) is 2. The van der Waals surface area contributed by atoms with Gasteiger partial charge in [0.1, 0.15) is 0 Å². The monoisotopic (exact) mass is 221 g/mol. The molecule has 3 nitrogen and oxygen atoms in total. The van der Waals surface area contributed by atoms with Crippen LogP contribution in [0.15, 0.2) is 24.5 Å². The van der Waals surface area contributed by atoms with Crippen LogP contribution in [0.4, 0.5) is 0 Å². The summed E-state index contributed by atoms with van der Waals surface area (Å²) in [6.07, 6.45) is 4.75.